The van der Waals surface area contributed by atoms with E-state index < -0.39 is 11.9 Å². The molecule has 2 amide bonds. The average Bonchev–Trinajstić information content (AvgIpc) is 3.41. The first kappa shape index (κ1) is 18.9. The number of aromatic nitrogens is 2. The van der Waals surface area contributed by atoms with Crippen molar-refractivity contribution >= 4 is 11.8 Å². The molecule has 1 aliphatic rings. The van der Waals surface area contributed by atoms with Crippen molar-refractivity contribution in [2.24, 2.45) is 5.73 Å². The van der Waals surface area contributed by atoms with Gasteiger partial charge in [-0.1, -0.05) is 60.7 Å². The van der Waals surface area contributed by atoms with Gasteiger partial charge >= 0.3 is 0 Å². The second-order valence-electron chi connectivity index (χ2n) is 7.26. The molecule has 2 N–H and O–H groups in total. The Hall–Kier alpha value is -3.41. The van der Waals surface area contributed by atoms with Crippen molar-refractivity contribution in [2.75, 3.05) is 6.54 Å². The molecule has 1 aromatic heterocycles. The van der Waals surface area contributed by atoms with Crippen LogP contribution >= 0.6 is 0 Å². The molecule has 0 bridgehead atoms. The number of likely N-dealkylation sites (tertiary alicyclic amines) is 1. The predicted molar refractivity (Wildman–Crippen MR) is 112 cm³/mol. The summed E-state index contributed by atoms with van der Waals surface area (Å²) >= 11 is 0. The van der Waals surface area contributed by atoms with Gasteiger partial charge in [0.25, 0.3) is 0 Å². The van der Waals surface area contributed by atoms with Crippen LogP contribution in [0.5, 0.6) is 0 Å². The number of imidazole rings is 1. The summed E-state index contributed by atoms with van der Waals surface area (Å²) in [7, 11) is 0. The maximum Gasteiger partial charge on any atom is 0.240 e. The highest BCUT2D eigenvalue weighted by atomic mass is 16.2. The zero-order chi connectivity index (χ0) is 20.2. The largest absolute Gasteiger partial charge is 0.368 e. The van der Waals surface area contributed by atoms with E-state index in [0.717, 1.165) is 28.9 Å². The topological polar surface area (TPSA) is 81.2 Å². The molecule has 1 atom stereocenters. The smallest absolute Gasteiger partial charge is 0.240 e. The van der Waals surface area contributed by atoms with Gasteiger partial charge in [-0.2, -0.15) is 0 Å². The molecule has 0 spiro atoms. The van der Waals surface area contributed by atoms with Gasteiger partial charge in [0.1, 0.15) is 6.04 Å². The van der Waals surface area contributed by atoms with Crippen LogP contribution in [0.1, 0.15) is 19.3 Å². The summed E-state index contributed by atoms with van der Waals surface area (Å²) in [5, 5.41) is 0. The minimum absolute atomic E-state index is 0.0414. The summed E-state index contributed by atoms with van der Waals surface area (Å²) in [4.78, 5) is 30.6. The van der Waals surface area contributed by atoms with Crippen LogP contribution in [0.2, 0.25) is 0 Å². The van der Waals surface area contributed by atoms with Crippen molar-refractivity contribution in [3.8, 4) is 22.5 Å². The Kier molecular flexibility index (Phi) is 5.42. The summed E-state index contributed by atoms with van der Waals surface area (Å²) in [5.74, 6) is -0.463. The number of hydrogen-bond donors (Lipinski definition) is 1. The summed E-state index contributed by atoms with van der Waals surface area (Å²) in [6.45, 7) is 1.09. The Morgan fingerprint density at radius 1 is 1.00 bits per heavy atom. The molecule has 0 unspecified atom stereocenters. The average molecular weight is 388 g/mol. The van der Waals surface area contributed by atoms with E-state index in [1.807, 2.05) is 65.2 Å². The van der Waals surface area contributed by atoms with Crippen molar-refractivity contribution in [1.82, 2.24) is 14.5 Å². The van der Waals surface area contributed by atoms with Gasteiger partial charge in [-0.25, -0.2) is 4.98 Å². The molecular formula is C23H24N4O2. The molecule has 148 valence electrons. The minimum atomic E-state index is -0.473. The van der Waals surface area contributed by atoms with Gasteiger partial charge in [0.15, 0.2) is 0 Å². The van der Waals surface area contributed by atoms with E-state index in [-0.39, 0.29) is 5.91 Å². The Morgan fingerprint density at radius 2 is 1.66 bits per heavy atom. The lowest BCUT2D eigenvalue weighted by molar-refractivity contribution is -0.137. The third-order valence-electron chi connectivity index (χ3n) is 5.40. The van der Waals surface area contributed by atoms with Crippen molar-refractivity contribution in [3.05, 3.63) is 67.0 Å². The number of carbonyl (C=O) groups is 2. The van der Waals surface area contributed by atoms with E-state index in [1.54, 1.807) is 11.2 Å². The highest BCUT2D eigenvalue weighted by Crippen LogP contribution is 2.31. The fourth-order valence-electron chi connectivity index (χ4n) is 3.98. The number of benzene rings is 2. The zero-order valence-electron chi connectivity index (χ0n) is 16.2. The van der Waals surface area contributed by atoms with E-state index >= 15 is 0 Å². The molecule has 3 aromatic rings. The molecule has 2 aromatic carbocycles. The lowest BCUT2D eigenvalue weighted by Gasteiger charge is -2.22. The number of nitrogens with zero attached hydrogens (tertiary/aromatic N) is 3. The lowest BCUT2D eigenvalue weighted by Crippen LogP contribution is -2.43. The van der Waals surface area contributed by atoms with E-state index in [9.17, 15) is 9.59 Å². The first-order valence-electron chi connectivity index (χ1n) is 9.90. The highest BCUT2D eigenvalue weighted by molar-refractivity contribution is 5.87. The molecule has 4 rings (SSSR count). The van der Waals surface area contributed by atoms with Gasteiger partial charge in [-0.15, -0.1) is 0 Å². The van der Waals surface area contributed by atoms with Gasteiger partial charge in [0.05, 0.1) is 17.7 Å². The fraction of sp³-hybridized carbons (Fsp3) is 0.261. The molecule has 29 heavy (non-hydrogen) atoms. The third-order valence-corrected chi connectivity index (χ3v) is 5.40. The van der Waals surface area contributed by atoms with Crippen molar-refractivity contribution in [1.29, 1.82) is 0 Å². The summed E-state index contributed by atoms with van der Waals surface area (Å²) in [6.07, 6.45) is 3.55. The molecule has 6 nitrogen and oxygen atoms in total. The van der Waals surface area contributed by atoms with E-state index in [1.165, 1.54) is 0 Å². The Bertz CT molecular complexity index is 998. The van der Waals surface area contributed by atoms with Crippen LogP contribution in [0, 0.1) is 0 Å². The summed E-state index contributed by atoms with van der Waals surface area (Å²) in [5.41, 5.74) is 9.41. The number of rotatable bonds is 6. The maximum atomic E-state index is 12.7. The maximum absolute atomic E-state index is 12.7. The molecule has 1 saturated heterocycles. The Balaban J connectivity index is 1.60. The summed E-state index contributed by atoms with van der Waals surface area (Å²) in [6, 6.07) is 19.6. The van der Waals surface area contributed by atoms with Crippen LogP contribution in [0.25, 0.3) is 22.5 Å². The Morgan fingerprint density at radius 3 is 2.31 bits per heavy atom. The SMILES string of the molecule is NC(=O)[C@@H]1CCCN1C(=O)CCn1cnc(-c2ccccc2)c1-c1ccccc1. The quantitative estimate of drug-likeness (QED) is 0.705. The van der Waals surface area contributed by atoms with Crippen molar-refractivity contribution < 1.29 is 9.59 Å². The van der Waals surface area contributed by atoms with Gasteiger partial charge in [-0.3, -0.25) is 9.59 Å². The lowest BCUT2D eigenvalue weighted by atomic mass is 10.0. The first-order valence-corrected chi connectivity index (χ1v) is 9.90. The highest BCUT2D eigenvalue weighted by Gasteiger charge is 2.32. The molecule has 0 saturated carbocycles. The second kappa shape index (κ2) is 8.31. The second-order valence-corrected chi connectivity index (χ2v) is 7.26. The molecule has 2 heterocycles. The normalized spacial score (nSPS) is 16.1. The molecule has 1 fully saturated rings. The molecule has 6 heteroatoms. The van der Waals surface area contributed by atoms with Crippen LogP contribution < -0.4 is 5.73 Å². The minimum Gasteiger partial charge on any atom is -0.368 e. The third kappa shape index (κ3) is 3.92. The number of primary amides is 1. The van der Waals surface area contributed by atoms with E-state index in [2.05, 4.69) is 4.98 Å². The van der Waals surface area contributed by atoms with Gasteiger partial charge in [-0.05, 0) is 12.8 Å². The first-order chi connectivity index (χ1) is 14.1. The standard InChI is InChI=1S/C23H24N4O2/c24-23(29)19-12-7-14-27(19)20(28)13-15-26-16-25-21(17-8-3-1-4-9-17)22(26)18-10-5-2-6-11-18/h1-6,8-11,16,19H,7,12-15H2,(H2,24,29)/t19-/m0/s1. The van der Waals surface area contributed by atoms with Gasteiger partial charge < -0.3 is 15.2 Å². The van der Waals surface area contributed by atoms with Crippen molar-refractivity contribution in [3.63, 3.8) is 0 Å². The number of hydrogen-bond acceptors (Lipinski definition) is 3. The van der Waals surface area contributed by atoms with Crippen LogP contribution in [-0.4, -0.2) is 38.9 Å². The van der Waals surface area contributed by atoms with Crippen LogP contribution in [0.3, 0.4) is 0 Å². The number of nitrogens with two attached hydrogens (primary N) is 1. The molecule has 0 aliphatic carbocycles. The van der Waals surface area contributed by atoms with Crippen LogP contribution in [0.15, 0.2) is 67.0 Å². The predicted octanol–water partition coefficient (Wildman–Crippen LogP) is 3.08. The molecule has 1 aliphatic heterocycles. The molecular weight excluding hydrogens is 364 g/mol. The molecule has 0 radical (unpaired) electrons. The summed E-state index contributed by atoms with van der Waals surface area (Å²) < 4.78 is 2.02. The monoisotopic (exact) mass is 388 g/mol. The van der Waals surface area contributed by atoms with E-state index in [4.69, 9.17) is 5.73 Å². The van der Waals surface area contributed by atoms with E-state index in [0.29, 0.717) is 25.9 Å². The zero-order valence-corrected chi connectivity index (χ0v) is 16.2. The van der Waals surface area contributed by atoms with Crippen LogP contribution in [-0.2, 0) is 16.1 Å². The van der Waals surface area contributed by atoms with Crippen LogP contribution in [0.4, 0.5) is 0 Å². The van der Waals surface area contributed by atoms with Gasteiger partial charge in [0, 0.05) is 30.6 Å². The number of carbonyl (C=O) groups excluding carboxylic acids is 2. The Labute approximate surface area is 170 Å². The fourth-order valence-corrected chi connectivity index (χ4v) is 3.98. The van der Waals surface area contributed by atoms with Gasteiger partial charge in [0.2, 0.25) is 11.8 Å². The van der Waals surface area contributed by atoms with Crippen molar-refractivity contribution in [2.45, 2.75) is 31.8 Å². The number of aryl methyl sites for hydroxylation is 1. The number of amides is 2.